The molecule has 0 spiro atoms. The van der Waals surface area contributed by atoms with E-state index in [-0.39, 0.29) is 18.0 Å². The number of amides is 1. The van der Waals surface area contributed by atoms with Gasteiger partial charge in [0.25, 0.3) is 0 Å². The van der Waals surface area contributed by atoms with Crippen LogP contribution in [0.1, 0.15) is 25.6 Å². The third-order valence-electron chi connectivity index (χ3n) is 3.13. The van der Waals surface area contributed by atoms with Gasteiger partial charge in [0.05, 0.1) is 6.04 Å². The van der Waals surface area contributed by atoms with Crippen LogP contribution in [0.3, 0.4) is 0 Å². The highest BCUT2D eigenvalue weighted by Gasteiger charge is 2.13. The second kappa shape index (κ2) is 7.38. The summed E-state index contributed by atoms with van der Waals surface area (Å²) in [5, 5.41) is 6.18. The predicted molar refractivity (Wildman–Crippen MR) is 89.3 cm³/mol. The maximum atomic E-state index is 11.8. The molecule has 21 heavy (non-hydrogen) atoms. The van der Waals surface area contributed by atoms with Gasteiger partial charge in [0.1, 0.15) is 0 Å². The molecule has 0 fully saturated rings. The van der Waals surface area contributed by atoms with E-state index in [1.165, 1.54) is 15.3 Å². The summed E-state index contributed by atoms with van der Waals surface area (Å²) in [6, 6.07) is 14.6. The molecule has 0 aliphatic rings. The molecule has 0 radical (unpaired) electrons. The van der Waals surface area contributed by atoms with Crippen molar-refractivity contribution >= 4 is 17.2 Å². The van der Waals surface area contributed by atoms with Crippen molar-refractivity contribution in [2.75, 3.05) is 0 Å². The van der Waals surface area contributed by atoms with Gasteiger partial charge in [0, 0.05) is 22.3 Å². The van der Waals surface area contributed by atoms with Gasteiger partial charge in [-0.25, -0.2) is 0 Å². The fourth-order valence-corrected chi connectivity index (χ4v) is 2.95. The number of hydrogen-bond acceptors (Lipinski definition) is 3. The first-order valence-corrected chi connectivity index (χ1v) is 8.06. The molecule has 1 heterocycles. The largest absolute Gasteiger partial charge is 0.353 e. The molecule has 1 unspecified atom stereocenters. The molecule has 112 valence electrons. The standard InChI is InChI=1S/C17H22N2OS/c1-12(2)19-17(20)13(3)18-11-15-9-10-16(21-15)14-7-5-4-6-8-14/h4-10,12-13,18H,11H2,1-3H3,(H,19,20). The van der Waals surface area contributed by atoms with Crippen molar-refractivity contribution in [3.05, 3.63) is 47.3 Å². The van der Waals surface area contributed by atoms with Gasteiger partial charge >= 0.3 is 0 Å². The van der Waals surface area contributed by atoms with E-state index in [0.29, 0.717) is 6.54 Å². The number of rotatable bonds is 6. The van der Waals surface area contributed by atoms with Gasteiger partial charge in [-0.1, -0.05) is 30.3 Å². The van der Waals surface area contributed by atoms with Crippen LogP contribution in [0, 0.1) is 0 Å². The van der Waals surface area contributed by atoms with Crippen LogP contribution in [0.15, 0.2) is 42.5 Å². The smallest absolute Gasteiger partial charge is 0.237 e. The summed E-state index contributed by atoms with van der Waals surface area (Å²) in [5.41, 5.74) is 1.24. The normalized spacial score (nSPS) is 12.4. The lowest BCUT2D eigenvalue weighted by Gasteiger charge is -2.15. The SMILES string of the molecule is CC(C)NC(=O)C(C)NCc1ccc(-c2ccccc2)s1. The van der Waals surface area contributed by atoms with Crippen LogP contribution in [0.25, 0.3) is 10.4 Å². The van der Waals surface area contributed by atoms with Gasteiger partial charge in [0.2, 0.25) is 5.91 Å². The van der Waals surface area contributed by atoms with E-state index < -0.39 is 0 Å². The highest BCUT2D eigenvalue weighted by molar-refractivity contribution is 7.15. The average Bonchev–Trinajstić information content (AvgIpc) is 2.94. The Labute approximate surface area is 130 Å². The Morgan fingerprint density at radius 1 is 1.10 bits per heavy atom. The summed E-state index contributed by atoms with van der Waals surface area (Å²) in [6.07, 6.45) is 0. The minimum atomic E-state index is -0.185. The minimum absolute atomic E-state index is 0.0461. The lowest BCUT2D eigenvalue weighted by atomic mass is 10.2. The average molecular weight is 302 g/mol. The van der Waals surface area contributed by atoms with Crippen molar-refractivity contribution in [1.82, 2.24) is 10.6 Å². The number of carbonyl (C=O) groups excluding carboxylic acids is 1. The van der Waals surface area contributed by atoms with Crippen LogP contribution >= 0.6 is 11.3 Å². The minimum Gasteiger partial charge on any atom is -0.353 e. The van der Waals surface area contributed by atoms with E-state index in [9.17, 15) is 4.79 Å². The lowest BCUT2D eigenvalue weighted by molar-refractivity contribution is -0.123. The van der Waals surface area contributed by atoms with Crippen LogP contribution in [0.2, 0.25) is 0 Å². The lowest BCUT2D eigenvalue weighted by Crippen LogP contribution is -2.44. The number of benzene rings is 1. The molecule has 2 N–H and O–H groups in total. The molecule has 0 saturated heterocycles. The van der Waals surface area contributed by atoms with Crippen LogP contribution in [0.5, 0.6) is 0 Å². The number of hydrogen-bond donors (Lipinski definition) is 2. The topological polar surface area (TPSA) is 41.1 Å². The summed E-state index contributed by atoms with van der Waals surface area (Å²) in [5.74, 6) is 0.0461. The van der Waals surface area contributed by atoms with E-state index in [1.807, 2.05) is 39.0 Å². The molecule has 0 bridgehead atoms. The molecule has 0 saturated carbocycles. The van der Waals surface area contributed by atoms with Gasteiger partial charge in [-0.2, -0.15) is 0 Å². The van der Waals surface area contributed by atoms with Crippen LogP contribution in [0.4, 0.5) is 0 Å². The monoisotopic (exact) mass is 302 g/mol. The summed E-state index contributed by atoms with van der Waals surface area (Å²) in [6.45, 7) is 6.54. The predicted octanol–water partition coefficient (Wildman–Crippen LogP) is 3.42. The quantitative estimate of drug-likeness (QED) is 0.858. The molecule has 2 rings (SSSR count). The highest BCUT2D eigenvalue weighted by atomic mass is 32.1. The maximum Gasteiger partial charge on any atom is 0.237 e. The molecule has 0 aliphatic heterocycles. The molecule has 1 atom stereocenters. The fourth-order valence-electron chi connectivity index (χ4n) is 1.99. The zero-order valence-corrected chi connectivity index (χ0v) is 13.5. The number of carbonyl (C=O) groups is 1. The molecule has 3 nitrogen and oxygen atoms in total. The fraction of sp³-hybridized carbons (Fsp3) is 0.353. The van der Waals surface area contributed by atoms with Crippen molar-refractivity contribution in [3.63, 3.8) is 0 Å². The molecule has 2 aromatic rings. The second-order valence-electron chi connectivity index (χ2n) is 5.40. The maximum absolute atomic E-state index is 11.8. The van der Waals surface area contributed by atoms with Crippen molar-refractivity contribution in [1.29, 1.82) is 0 Å². The zero-order valence-electron chi connectivity index (χ0n) is 12.7. The summed E-state index contributed by atoms with van der Waals surface area (Å²) < 4.78 is 0. The van der Waals surface area contributed by atoms with Gasteiger partial charge in [-0.15, -0.1) is 11.3 Å². The molecule has 0 aliphatic carbocycles. The first-order valence-electron chi connectivity index (χ1n) is 7.24. The van der Waals surface area contributed by atoms with Crippen molar-refractivity contribution in [2.45, 2.75) is 39.4 Å². The van der Waals surface area contributed by atoms with Crippen molar-refractivity contribution < 1.29 is 4.79 Å². The Morgan fingerprint density at radius 2 is 1.81 bits per heavy atom. The first-order chi connectivity index (χ1) is 10.1. The summed E-state index contributed by atoms with van der Waals surface area (Å²) in [4.78, 5) is 14.3. The Bertz CT molecular complexity index is 577. The summed E-state index contributed by atoms with van der Waals surface area (Å²) in [7, 11) is 0. The Balaban J connectivity index is 1.90. The molecule has 1 amide bonds. The molecule has 4 heteroatoms. The van der Waals surface area contributed by atoms with Crippen LogP contribution < -0.4 is 10.6 Å². The molecular weight excluding hydrogens is 280 g/mol. The van der Waals surface area contributed by atoms with E-state index in [2.05, 4.69) is 34.9 Å². The molecule has 1 aromatic carbocycles. The molecular formula is C17H22N2OS. The number of thiophene rings is 1. The first kappa shape index (κ1) is 15.7. The highest BCUT2D eigenvalue weighted by Crippen LogP contribution is 2.27. The van der Waals surface area contributed by atoms with Gasteiger partial charge in [0.15, 0.2) is 0 Å². The Hall–Kier alpha value is -1.65. The van der Waals surface area contributed by atoms with Gasteiger partial charge in [-0.05, 0) is 38.5 Å². The summed E-state index contributed by atoms with van der Waals surface area (Å²) >= 11 is 1.76. The van der Waals surface area contributed by atoms with E-state index in [0.717, 1.165) is 0 Å². The third kappa shape index (κ3) is 4.69. The van der Waals surface area contributed by atoms with Crippen molar-refractivity contribution in [2.24, 2.45) is 0 Å². The van der Waals surface area contributed by atoms with Crippen LogP contribution in [-0.4, -0.2) is 18.0 Å². The third-order valence-corrected chi connectivity index (χ3v) is 4.26. The second-order valence-corrected chi connectivity index (χ2v) is 6.57. The zero-order chi connectivity index (χ0) is 15.2. The van der Waals surface area contributed by atoms with E-state index in [1.54, 1.807) is 11.3 Å². The van der Waals surface area contributed by atoms with Gasteiger partial charge < -0.3 is 10.6 Å². The number of nitrogens with one attached hydrogen (secondary N) is 2. The Morgan fingerprint density at radius 3 is 2.48 bits per heavy atom. The van der Waals surface area contributed by atoms with Gasteiger partial charge in [-0.3, -0.25) is 4.79 Å². The van der Waals surface area contributed by atoms with E-state index >= 15 is 0 Å². The van der Waals surface area contributed by atoms with E-state index in [4.69, 9.17) is 0 Å². The van der Waals surface area contributed by atoms with Crippen molar-refractivity contribution in [3.8, 4) is 10.4 Å². The molecule has 1 aromatic heterocycles. The Kier molecular flexibility index (Phi) is 5.53. The van der Waals surface area contributed by atoms with Crippen LogP contribution in [-0.2, 0) is 11.3 Å².